The van der Waals surface area contributed by atoms with Gasteiger partial charge in [0.25, 0.3) is 5.56 Å². The summed E-state index contributed by atoms with van der Waals surface area (Å²) < 4.78 is 12.5. The van der Waals surface area contributed by atoms with Crippen molar-refractivity contribution < 1.29 is 14.3 Å². The van der Waals surface area contributed by atoms with Gasteiger partial charge in [-0.05, 0) is 37.8 Å². The van der Waals surface area contributed by atoms with Crippen LogP contribution < -0.4 is 20.3 Å². The van der Waals surface area contributed by atoms with E-state index < -0.39 is 0 Å². The molecular formula is C18H17N5O4S. The van der Waals surface area contributed by atoms with Gasteiger partial charge in [0.2, 0.25) is 18.5 Å². The van der Waals surface area contributed by atoms with Gasteiger partial charge in [-0.3, -0.25) is 19.0 Å². The maximum Gasteiger partial charge on any atom is 0.255 e. The lowest BCUT2D eigenvalue weighted by atomic mass is 9.97. The molecule has 1 aliphatic carbocycles. The fourth-order valence-electron chi connectivity index (χ4n) is 3.55. The van der Waals surface area contributed by atoms with Crippen molar-refractivity contribution in [2.75, 3.05) is 17.9 Å². The highest BCUT2D eigenvalue weighted by Gasteiger charge is 2.21. The smallest absolute Gasteiger partial charge is 0.255 e. The number of rotatable bonds is 4. The van der Waals surface area contributed by atoms with E-state index in [0.29, 0.717) is 28.1 Å². The minimum atomic E-state index is -0.168. The number of H-pyrrole nitrogens is 1. The highest BCUT2D eigenvalue weighted by Crippen LogP contribution is 2.34. The van der Waals surface area contributed by atoms with Crippen molar-refractivity contribution >= 4 is 29.1 Å². The Hall–Kier alpha value is -3.01. The number of hydrogen-bond donors (Lipinski definition) is 2. The SMILES string of the molecule is O=C(CSc1nnc2[nH]c(=O)c3c(n12)CCCC3)Nc1ccc2c(c1)OCO2. The van der Waals surface area contributed by atoms with Gasteiger partial charge in [-0.25, -0.2) is 0 Å². The summed E-state index contributed by atoms with van der Waals surface area (Å²) in [5, 5.41) is 11.7. The number of aromatic nitrogens is 4. The third-order valence-corrected chi connectivity index (χ3v) is 5.76. The zero-order valence-corrected chi connectivity index (χ0v) is 15.7. The topological polar surface area (TPSA) is 111 Å². The van der Waals surface area contributed by atoms with Crippen molar-refractivity contribution in [3.63, 3.8) is 0 Å². The number of nitrogens with one attached hydrogen (secondary N) is 2. The summed E-state index contributed by atoms with van der Waals surface area (Å²) in [6, 6.07) is 5.27. The van der Waals surface area contributed by atoms with Crippen LogP contribution in [0.3, 0.4) is 0 Å². The molecule has 0 spiro atoms. The molecule has 0 unspecified atom stereocenters. The Morgan fingerprint density at radius 1 is 1.21 bits per heavy atom. The summed E-state index contributed by atoms with van der Waals surface area (Å²) in [5.41, 5.74) is 2.30. The lowest BCUT2D eigenvalue weighted by molar-refractivity contribution is -0.113. The molecule has 10 heteroatoms. The van der Waals surface area contributed by atoms with Crippen LogP contribution in [0.25, 0.3) is 5.78 Å². The van der Waals surface area contributed by atoms with Crippen molar-refractivity contribution in [2.24, 2.45) is 0 Å². The number of ether oxygens (including phenoxy) is 2. The largest absolute Gasteiger partial charge is 0.454 e. The van der Waals surface area contributed by atoms with Gasteiger partial charge < -0.3 is 14.8 Å². The molecule has 0 bridgehead atoms. The minimum absolute atomic E-state index is 0.0910. The third kappa shape index (κ3) is 2.99. The van der Waals surface area contributed by atoms with E-state index in [9.17, 15) is 9.59 Å². The average molecular weight is 399 g/mol. The Morgan fingerprint density at radius 2 is 2.07 bits per heavy atom. The molecule has 0 radical (unpaired) electrons. The number of aryl methyl sites for hydroxylation is 1. The minimum Gasteiger partial charge on any atom is -0.454 e. The van der Waals surface area contributed by atoms with Crippen LogP contribution in [-0.4, -0.2) is 38.0 Å². The number of aromatic amines is 1. The quantitative estimate of drug-likeness (QED) is 0.643. The molecule has 2 N–H and O–H groups in total. The van der Waals surface area contributed by atoms with Gasteiger partial charge in [0.1, 0.15) is 0 Å². The van der Waals surface area contributed by atoms with E-state index >= 15 is 0 Å². The number of hydrogen-bond acceptors (Lipinski definition) is 7. The maximum absolute atomic E-state index is 12.4. The first-order chi connectivity index (χ1) is 13.7. The number of amides is 1. The number of benzene rings is 1. The molecule has 3 aromatic rings. The maximum atomic E-state index is 12.4. The van der Waals surface area contributed by atoms with Crippen LogP contribution in [-0.2, 0) is 17.6 Å². The van der Waals surface area contributed by atoms with Crippen LogP contribution in [0.2, 0.25) is 0 Å². The van der Waals surface area contributed by atoms with Crippen LogP contribution in [0.5, 0.6) is 11.5 Å². The molecule has 3 heterocycles. The molecule has 28 heavy (non-hydrogen) atoms. The number of fused-ring (bicyclic) bond motifs is 4. The molecular weight excluding hydrogens is 382 g/mol. The molecule has 5 rings (SSSR count). The molecule has 0 atom stereocenters. The van der Waals surface area contributed by atoms with Gasteiger partial charge >= 0.3 is 0 Å². The number of nitrogens with zero attached hydrogens (tertiary/aromatic N) is 3. The normalized spacial score (nSPS) is 14.9. The summed E-state index contributed by atoms with van der Waals surface area (Å²) in [4.78, 5) is 27.4. The predicted molar refractivity (Wildman–Crippen MR) is 102 cm³/mol. The Labute approximate surface area is 163 Å². The standard InChI is InChI=1S/C18H17N5O4S/c24-15(19-10-5-6-13-14(7-10)27-9-26-13)8-28-18-22-21-17-20-16(25)11-3-1-2-4-12(11)23(17)18/h5-7H,1-4,8-9H2,(H,19,24)(H,20,21,25). The highest BCUT2D eigenvalue weighted by atomic mass is 32.2. The zero-order chi connectivity index (χ0) is 19.1. The Morgan fingerprint density at radius 3 is 3.00 bits per heavy atom. The van der Waals surface area contributed by atoms with Crippen molar-refractivity contribution in [1.82, 2.24) is 19.6 Å². The van der Waals surface area contributed by atoms with Crippen LogP contribution in [0.4, 0.5) is 5.69 Å². The molecule has 1 aliphatic heterocycles. The number of thioether (sulfide) groups is 1. The first-order valence-electron chi connectivity index (χ1n) is 9.00. The second-order valence-electron chi connectivity index (χ2n) is 6.63. The Bertz CT molecular complexity index is 1140. The summed E-state index contributed by atoms with van der Waals surface area (Å²) in [5.74, 6) is 1.71. The average Bonchev–Trinajstić information content (AvgIpc) is 3.33. The molecule has 2 aromatic heterocycles. The molecule has 2 aliphatic rings. The molecule has 1 aromatic carbocycles. The molecule has 0 fully saturated rings. The zero-order valence-electron chi connectivity index (χ0n) is 14.9. The first kappa shape index (κ1) is 17.1. The molecule has 9 nitrogen and oxygen atoms in total. The second kappa shape index (κ2) is 6.86. The lowest BCUT2D eigenvalue weighted by Gasteiger charge is -2.16. The first-order valence-corrected chi connectivity index (χ1v) is 9.99. The van der Waals surface area contributed by atoms with Crippen LogP contribution in [0.15, 0.2) is 28.2 Å². The van der Waals surface area contributed by atoms with E-state index in [2.05, 4.69) is 20.5 Å². The summed E-state index contributed by atoms with van der Waals surface area (Å²) in [6.45, 7) is 0.189. The van der Waals surface area contributed by atoms with Gasteiger partial charge in [-0.15, -0.1) is 10.2 Å². The Balaban J connectivity index is 1.33. The van der Waals surface area contributed by atoms with Crippen LogP contribution in [0.1, 0.15) is 24.1 Å². The molecule has 0 saturated carbocycles. The molecule has 0 saturated heterocycles. The monoisotopic (exact) mass is 399 g/mol. The van der Waals surface area contributed by atoms with Crippen molar-refractivity contribution in [2.45, 2.75) is 30.8 Å². The van der Waals surface area contributed by atoms with E-state index in [1.165, 1.54) is 11.8 Å². The Kier molecular flexibility index (Phi) is 4.19. The fourth-order valence-corrected chi connectivity index (χ4v) is 4.30. The lowest BCUT2D eigenvalue weighted by Crippen LogP contribution is -2.23. The van der Waals surface area contributed by atoms with Gasteiger partial charge in [0.15, 0.2) is 16.7 Å². The van der Waals surface area contributed by atoms with E-state index in [1.54, 1.807) is 18.2 Å². The van der Waals surface area contributed by atoms with Crippen molar-refractivity contribution in [1.29, 1.82) is 0 Å². The van der Waals surface area contributed by atoms with E-state index in [1.807, 2.05) is 4.40 Å². The molecule has 144 valence electrons. The number of carbonyl (C=O) groups excluding carboxylic acids is 1. The van der Waals surface area contributed by atoms with Crippen LogP contribution >= 0.6 is 11.8 Å². The summed E-state index contributed by atoms with van der Waals surface area (Å²) in [6.07, 6.45) is 3.60. The van der Waals surface area contributed by atoms with Gasteiger partial charge in [-0.1, -0.05) is 11.8 Å². The fraction of sp³-hybridized carbons (Fsp3) is 0.333. The molecule has 1 amide bonds. The van der Waals surface area contributed by atoms with Crippen LogP contribution in [0, 0.1) is 0 Å². The van der Waals surface area contributed by atoms with Crippen molar-refractivity contribution in [3.05, 3.63) is 39.8 Å². The summed E-state index contributed by atoms with van der Waals surface area (Å²) in [7, 11) is 0. The number of anilines is 1. The summed E-state index contributed by atoms with van der Waals surface area (Å²) >= 11 is 1.29. The highest BCUT2D eigenvalue weighted by molar-refractivity contribution is 7.99. The predicted octanol–water partition coefficient (Wildman–Crippen LogP) is 1.76. The van der Waals surface area contributed by atoms with E-state index in [-0.39, 0.29) is 24.0 Å². The van der Waals surface area contributed by atoms with Gasteiger partial charge in [0, 0.05) is 23.0 Å². The van der Waals surface area contributed by atoms with E-state index in [0.717, 1.165) is 36.9 Å². The second-order valence-corrected chi connectivity index (χ2v) is 7.58. The van der Waals surface area contributed by atoms with Gasteiger partial charge in [0.05, 0.1) is 5.75 Å². The third-order valence-electron chi connectivity index (χ3n) is 4.83. The number of carbonyl (C=O) groups is 1. The van der Waals surface area contributed by atoms with Crippen molar-refractivity contribution in [3.8, 4) is 11.5 Å². The van der Waals surface area contributed by atoms with Gasteiger partial charge in [-0.2, -0.15) is 0 Å². The van der Waals surface area contributed by atoms with E-state index in [4.69, 9.17) is 9.47 Å².